The molecular formula is C37H33Br3N4O6. The zero-order valence-corrected chi connectivity index (χ0v) is 33.0. The molecule has 10 nitrogen and oxygen atoms in total. The number of hydrogen-bond donors (Lipinski definition) is 1. The van der Waals surface area contributed by atoms with Crippen LogP contribution < -0.4 is 22.0 Å². The predicted molar refractivity (Wildman–Crippen MR) is 210 cm³/mol. The van der Waals surface area contributed by atoms with Crippen LogP contribution in [0.1, 0.15) is 57.4 Å². The average Bonchev–Trinajstić information content (AvgIpc) is 3.04. The molecular weight excluding hydrogens is 836 g/mol. The largest absolute Gasteiger partial charge is 0.398 e. The standard InChI is InChI=1S/C13H12BrNO2.C12H11BrN2O2.C12H10BrNO2/c1-7-4-9-12(5-11(7)14)15(3)6-10(8(2)16)13(9)17;1-6(16)8-5-15(2)11-4-9(13)10(14)3-7(11)12(8)17;1-7(15)10-6-14(2)11-5-8(13)3-4-9(11)12(10)16/h4-6H,1-3H3;3-5H,14H2,1-2H3;3-6H,1-2H3. The van der Waals surface area contributed by atoms with Gasteiger partial charge >= 0.3 is 0 Å². The average molecular weight is 869 g/mol. The van der Waals surface area contributed by atoms with Crippen molar-refractivity contribution in [1.82, 2.24) is 13.7 Å². The van der Waals surface area contributed by atoms with Gasteiger partial charge in [-0.05, 0) is 91.7 Å². The van der Waals surface area contributed by atoms with Gasteiger partial charge in [-0.2, -0.15) is 0 Å². The molecule has 0 aliphatic rings. The normalized spacial score (nSPS) is 10.8. The molecule has 0 unspecified atom stereocenters. The summed E-state index contributed by atoms with van der Waals surface area (Å²) >= 11 is 10.1. The van der Waals surface area contributed by atoms with Crippen LogP contribution in [0.25, 0.3) is 32.7 Å². The third kappa shape index (κ3) is 7.79. The fourth-order valence-corrected chi connectivity index (χ4v) is 6.35. The lowest BCUT2D eigenvalue weighted by Gasteiger charge is -2.09. The Kier molecular flexibility index (Phi) is 11.7. The second kappa shape index (κ2) is 15.2. The highest BCUT2D eigenvalue weighted by Crippen LogP contribution is 2.25. The quantitative estimate of drug-likeness (QED) is 0.144. The van der Waals surface area contributed by atoms with Crippen molar-refractivity contribution in [3.8, 4) is 0 Å². The number of halogens is 3. The zero-order chi connectivity index (χ0) is 37.4. The summed E-state index contributed by atoms with van der Waals surface area (Å²) in [6.45, 7) is 6.11. The van der Waals surface area contributed by atoms with Crippen molar-refractivity contribution in [2.45, 2.75) is 27.7 Å². The van der Waals surface area contributed by atoms with Gasteiger partial charge in [-0.25, -0.2) is 0 Å². The van der Waals surface area contributed by atoms with Gasteiger partial charge in [-0.15, -0.1) is 0 Å². The Balaban J connectivity index is 0.000000169. The minimum absolute atomic E-state index is 0.182. The van der Waals surface area contributed by atoms with E-state index in [0.717, 1.165) is 35.5 Å². The Hall–Kier alpha value is -4.46. The molecule has 6 rings (SSSR count). The molecule has 3 heterocycles. The van der Waals surface area contributed by atoms with E-state index in [2.05, 4.69) is 47.8 Å². The summed E-state index contributed by atoms with van der Waals surface area (Å²) in [7, 11) is 5.44. The maximum atomic E-state index is 12.1. The predicted octanol–water partition coefficient (Wildman–Crippen LogP) is 7.40. The van der Waals surface area contributed by atoms with E-state index >= 15 is 0 Å². The lowest BCUT2D eigenvalue weighted by Crippen LogP contribution is -2.16. The van der Waals surface area contributed by atoms with Crippen molar-refractivity contribution in [3.05, 3.63) is 127 Å². The number of nitrogen functional groups attached to an aromatic ring is 1. The molecule has 0 aliphatic heterocycles. The first-order valence-electron chi connectivity index (χ1n) is 15.0. The number of hydrogen-bond acceptors (Lipinski definition) is 7. The van der Waals surface area contributed by atoms with Crippen LogP contribution in [0.3, 0.4) is 0 Å². The van der Waals surface area contributed by atoms with Gasteiger partial charge in [0.1, 0.15) is 0 Å². The van der Waals surface area contributed by atoms with Gasteiger partial charge in [0.15, 0.2) is 33.6 Å². The number of ketones is 3. The van der Waals surface area contributed by atoms with Crippen LogP contribution in [-0.4, -0.2) is 31.1 Å². The van der Waals surface area contributed by atoms with E-state index < -0.39 is 0 Å². The molecule has 0 atom stereocenters. The Bertz CT molecular complexity index is 2460. The first-order valence-corrected chi connectivity index (χ1v) is 17.4. The number of aromatic nitrogens is 3. The second-order valence-corrected chi connectivity index (χ2v) is 14.4. The Morgan fingerprint density at radius 1 is 0.560 bits per heavy atom. The van der Waals surface area contributed by atoms with Crippen molar-refractivity contribution in [2.75, 3.05) is 5.73 Å². The number of carbonyl (C=O) groups excluding carboxylic acids is 3. The summed E-state index contributed by atoms with van der Waals surface area (Å²) in [5.74, 6) is -0.646. The molecule has 3 aromatic heterocycles. The van der Waals surface area contributed by atoms with Crippen LogP contribution in [0.5, 0.6) is 0 Å². The van der Waals surface area contributed by atoms with Crippen LogP contribution >= 0.6 is 47.8 Å². The van der Waals surface area contributed by atoms with Crippen molar-refractivity contribution < 1.29 is 14.4 Å². The van der Waals surface area contributed by atoms with Crippen molar-refractivity contribution >= 4 is 104 Å². The van der Waals surface area contributed by atoms with E-state index in [1.807, 2.05) is 39.2 Å². The lowest BCUT2D eigenvalue weighted by molar-refractivity contribution is 0.100. The summed E-state index contributed by atoms with van der Waals surface area (Å²) in [4.78, 5) is 70.3. The van der Waals surface area contributed by atoms with Crippen LogP contribution in [0.4, 0.5) is 5.69 Å². The molecule has 50 heavy (non-hydrogen) atoms. The van der Waals surface area contributed by atoms with E-state index in [1.54, 1.807) is 63.6 Å². The number of Topliss-reactive ketones (excluding diaryl/α,β-unsaturated/α-hetero) is 3. The van der Waals surface area contributed by atoms with Gasteiger partial charge in [0.2, 0.25) is 0 Å². The highest BCUT2D eigenvalue weighted by molar-refractivity contribution is 9.11. The van der Waals surface area contributed by atoms with E-state index in [9.17, 15) is 28.8 Å². The molecule has 0 bridgehead atoms. The van der Waals surface area contributed by atoms with Crippen molar-refractivity contribution in [1.29, 1.82) is 0 Å². The number of benzene rings is 3. The topological polar surface area (TPSA) is 143 Å². The molecule has 0 spiro atoms. The summed E-state index contributed by atoms with van der Waals surface area (Å²) in [6.07, 6.45) is 4.73. The number of anilines is 1. The highest BCUT2D eigenvalue weighted by Gasteiger charge is 2.14. The van der Waals surface area contributed by atoms with E-state index in [1.165, 1.54) is 20.8 Å². The summed E-state index contributed by atoms with van der Waals surface area (Å²) in [6, 6.07) is 12.5. The van der Waals surface area contributed by atoms with Gasteiger partial charge in [0, 0.05) is 75.0 Å². The molecule has 0 aliphatic carbocycles. The van der Waals surface area contributed by atoms with E-state index in [4.69, 9.17) is 5.73 Å². The van der Waals surface area contributed by atoms with Crippen LogP contribution in [0.2, 0.25) is 0 Å². The van der Waals surface area contributed by atoms with Gasteiger partial charge in [-0.3, -0.25) is 28.8 Å². The Morgan fingerprint density at radius 3 is 1.38 bits per heavy atom. The smallest absolute Gasteiger partial charge is 0.200 e. The Morgan fingerprint density at radius 2 is 0.940 bits per heavy atom. The lowest BCUT2D eigenvalue weighted by atomic mass is 10.1. The summed E-state index contributed by atoms with van der Waals surface area (Å²) in [5.41, 5.74) is 9.56. The fourth-order valence-electron chi connectivity index (χ4n) is 5.34. The Labute approximate surface area is 311 Å². The maximum Gasteiger partial charge on any atom is 0.200 e. The van der Waals surface area contributed by atoms with Gasteiger partial charge < -0.3 is 19.4 Å². The van der Waals surface area contributed by atoms with Crippen molar-refractivity contribution in [2.24, 2.45) is 21.1 Å². The van der Waals surface area contributed by atoms with Crippen LogP contribution in [-0.2, 0) is 21.1 Å². The molecule has 2 N–H and O–H groups in total. The molecule has 0 amide bonds. The summed E-state index contributed by atoms with van der Waals surface area (Å²) < 4.78 is 7.94. The third-order valence-electron chi connectivity index (χ3n) is 8.07. The number of rotatable bonds is 3. The van der Waals surface area contributed by atoms with E-state index in [-0.39, 0.29) is 50.3 Å². The van der Waals surface area contributed by atoms with Crippen molar-refractivity contribution in [3.63, 3.8) is 0 Å². The second-order valence-electron chi connectivity index (χ2n) is 11.8. The van der Waals surface area contributed by atoms with Crippen LogP contribution in [0, 0.1) is 6.92 Å². The minimum Gasteiger partial charge on any atom is -0.398 e. The molecule has 0 saturated carbocycles. The molecule has 0 saturated heterocycles. The zero-order valence-electron chi connectivity index (χ0n) is 28.3. The first-order chi connectivity index (χ1) is 23.3. The van der Waals surface area contributed by atoms with E-state index in [0.29, 0.717) is 21.8 Å². The number of pyridine rings is 3. The summed E-state index contributed by atoms with van der Waals surface area (Å²) in [5, 5.41) is 1.61. The molecule has 0 radical (unpaired) electrons. The molecule has 258 valence electrons. The third-order valence-corrected chi connectivity index (χ3v) is 10.1. The van der Waals surface area contributed by atoms with Crippen LogP contribution in [0.15, 0.2) is 88.9 Å². The number of nitrogens with zero attached hydrogens (tertiary/aromatic N) is 3. The highest BCUT2D eigenvalue weighted by atomic mass is 79.9. The number of carbonyl (C=O) groups is 3. The molecule has 6 aromatic rings. The maximum absolute atomic E-state index is 12.1. The molecule has 13 heteroatoms. The monoisotopic (exact) mass is 866 g/mol. The number of aryl methyl sites for hydroxylation is 4. The fraction of sp³-hybridized carbons (Fsp3) is 0.189. The SMILES string of the molecule is CC(=O)c1cn(C)c2cc(Br)c(C)cc2c1=O.CC(=O)c1cn(C)c2cc(Br)c(N)cc2c1=O.CC(=O)c1cn(C)c2cc(Br)ccc2c1=O. The van der Waals surface area contributed by atoms with Gasteiger partial charge in [-0.1, -0.05) is 31.9 Å². The molecule has 0 fully saturated rings. The number of fused-ring (bicyclic) bond motifs is 3. The minimum atomic E-state index is -0.273. The number of nitrogens with two attached hydrogens (primary N) is 1. The van der Waals surface area contributed by atoms with Gasteiger partial charge in [0.05, 0.1) is 33.2 Å². The van der Waals surface area contributed by atoms with Gasteiger partial charge in [0.25, 0.3) is 0 Å². The first kappa shape index (κ1) is 38.3. The molecule has 3 aromatic carbocycles.